The highest BCUT2D eigenvalue weighted by Crippen LogP contribution is 2.12. The third kappa shape index (κ3) is 5.44. The van der Waals surface area contributed by atoms with Gasteiger partial charge in [-0.05, 0) is 24.3 Å². The maximum absolute atomic E-state index is 10.3. The van der Waals surface area contributed by atoms with Gasteiger partial charge in [-0.2, -0.15) is 0 Å². The molecule has 2 aromatic rings. The summed E-state index contributed by atoms with van der Waals surface area (Å²) in [5.41, 5.74) is 0. The van der Waals surface area contributed by atoms with Gasteiger partial charge in [0.05, 0.1) is 4.90 Å². The molecule has 4 nitrogen and oxygen atoms in total. The van der Waals surface area contributed by atoms with Crippen molar-refractivity contribution in [2.45, 2.75) is 4.90 Å². The topological polar surface area (TPSA) is 71.3 Å². The number of benzene rings is 1. The minimum atomic E-state index is -4.33. The molecule has 0 aliphatic carbocycles. The SMILES string of the molecule is O=S(=O)([O-])c1ccc(Cl)cc1.c1cc[nH+]cc1. The molecule has 0 atom stereocenters. The first-order chi connectivity index (χ1) is 8.00. The van der Waals surface area contributed by atoms with Gasteiger partial charge in [0.25, 0.3) is 0 Å². The van der Waals surface area contributed by atoms with Gasteiger partial charge in [-0.3, -0.25) is 0 Å². The van der Waals surface area contributed by atoms with E-state index in [2.05, 4.69) is 4.98 Å². The molecule has 0 radical (unpaired) electrons. The molecular formula is C11H10ClNO3S. The number of H-pyrrole nitrogens is 1. The van der Waals surface area contributed by atoms with Crippen molar-refractivity contribution in [3.8, 4) is 0 Å². The molecule has 0 amide bonds. The van der Waals surface area contributed by atoms with E-state index in [4.69, 9.17) is 11.6 Å². The minimum absolute atomic E-state index is 0.262. The molecule has 0 saturated heterocycles. The second-order valence-electron chi connectivity index (χ2n) is 2.99. The van der Waals surface area contributed by atoms with E-state index in [1.807, 2.05) is 30.6 Å². The monoisotopic (exact) mass is 271 g/mol. The third-order valence-electron chi connectivity index (χ3n) is 1.71. The van der Waals surface area contributed by atoms with Crippen molar-refractivity contribution in [2.75, 3.05) is 0 Å². The molecule has 0 unspecified atom stereocenters. The molecule has 0 aliphatic rings. The molecular weight excluding hydrogens is 262 g/mol. The zero-order valence-corrected chi connectivity index (χ0v) is 10.3. The maximum atomic E-state index is 10.3. The van der Waals surface area contributed by atoms with Crippen molar-refractivity contribution in [3.63, 3.8) is 0 Å². The predicted octanol–water partition coefficient (Wildman–Crippen LogP) is 1.74. The molecule has 1 N–H and O–H groups in total. The largest absolute Gasteiger partial charge is 0.744 e. The summed E-state index contributed by atoms with van der Waals surface area (Å²) in [7, 11) is -4.33. The van der Waals surface area contributed by atoms with Crippen LogP contribution in [-0.4, -0.2) is 13.0 Å². The molecule has 6 heteroatoms. The molecule has 2 rings (SSSR count). The fraction of sp³-hybridized carbons (Fsp3) is 0. The van der Waals surface area contributed by atoms with E-state index in [1.54, 1.807) is 0 Å². The lowest BCUT2D eigenvalue weighted by molar-refractivity contribution is -0.377. The summed E-state index contributed by atoms with van der Waals surface area (Å²) < 4.78 is 31.0. The van der Waals surface area contributed by atoms with E-state index in [9.17, 15) is 13.0 Å². The van der Waals surface area contributed by atoms with Gasteiger partial charge in [0, 0.05) is 17.2 Å². The van der Waals surface area contributed by atoms with Gasteiger partial charge in [-0.25, -0.2) is 13.4 Å². The van der Waals surface area contributed by atoms with E-state index in [1.165, 1.54) is 24.3 Å². The number of aromatic nitrogens is 1. The summed E-state index contributed by atoms with van der Waals surface area (Å²) in [5, 5.41) is 0.400. The average Bonchev–Trinajstić information content (AvgIpc) is 2.31. The molecule has 0 fully saturated rings. The Bertz CT molecular complexity index is 514. The summed E-state index contributed by atoms with van der Waals surface area (Å²) in [6.07, 6.45) is 3.75. The zero-order chi connectivity index (χ0) is 12.7. The van der Waals surface area contributed by atoms with Crippen molar-refractivity contribution in [2.24, 2.45) is 0 Å². The van der Waals surface area contributed by atoms with Gasteiger partial charge < -0.3 is 4.55 Å². The Morgan fingerprint density at radius 3 is 1.82 bits per heavy atom. The smallest absolute Gasteiger partial charge is 0.166 e. The van der Waals surface area contributed by atoms with Crippen LogP contribution in [-0.2, 0) is 10.1 Å². The molecule has 0 spiro atoms. The summed E-state index contributed by atoms with van der Waals surface area (Å²) in [5.74, 6) is 0. The third-order valence-corrected chi connectivity index (χ3v) is 2.81. The fourth-order valence-electron chi connectivity index (χ4n) is 0.943. The first kappa shape index (κ1) is 13.6. The number of hydrogen-bond donors (Lipinski definition) is 0. The van der Waals surface area contributed by atoms with Crippen LogP contribution in [0.2, 0.25) is 5.02 Å². The quantitative estimate of drug-likeness (QED) is 0.742. The van der Waals surface area contributed by atoms with Gasteiger partial charge in [0.2, 0.25) is 0 Å². The Kier molecular flexibility index (Phi) is 5.09. The highest BCUT2D eigenvalue weighted by molar-refractivity contribution is 7.85. The molecule has 1 heterocycles. The van der Waals surface area contributed by atoms with E-state index < -0.39 is 10.1 Å². The predicted molar refractivity (Wildman–Crippen MR) is 62.4 cm³/mol. The van der Waals surface area contributed by atoms with Crippen LogP contribution in [0.1, 0.15) is 0 Å². The second-order valence-corrected chi connectivity index (χ2v) is 4.80. The summed E-state index contributed by atoms with van der Waals surface area (Å²) in [6, 6.07) is 10.9. The first-order valence-corrected chi connectivity index (χ1v) is 6.41. The van der Waals surface area contributed by atoms with Crippen LogP contribution in [0.4, 0.5) is 0 Å². The molecule has 0 aliphatic heterocycles. The van der Waals surface area contributed by atoms with Crippen LogP contribution in [0.5, 0.6) is 0 Å². The molecule has 0 saturated carbocycles. The van der Waals surface area contributed by atoms with Crippen molar-refractivity contribution in [1.82, 2.24) is 0 Å². The van der Waals surface area contributed by atoms with Crippen molar-refractivity contribution < 1.29 is 18.0 Å². The van der Waals surface area contributed by atoms with Crippen molar-refractivity contribution in [3.05, 3.63) is 59.9 Å². The van der Waals surface area contributed by atoms with E-state index in [0.29, 0.717) is 5.02 Å². The number of nitrogens with one attached hydrogen (secondary N) is 1. The number of halogens is 1. The van der Waals surface area contributed by atoms with Crippen LogP contribution in [0.15, 0.2) is 59.8 Å². The van der Waals surface area contributed by atoms with Gasteiger partial charge >= 0.3 is 0 Å². The molecule has 1 aromatic carbocycles. The standard InChI is InChI=1S/C6H5ClO3S.C5H5N/c7-5-1-3-6(4-2-5)11(8,9)10;1-2-4-6-5-3-1/h1-4H,(H,8,9,10);1-5H. The summed E-state index contributed by atoms with van der Waals surface area (Å²) >= 11 is 5.46. The lowest BCUT2D eigenvalue weighted by Crippen LogP contribution is -1.97. The number of rotatable bonds is 1. The van der Waals surface area contributed by atoms with Gasteiger partial charge in [-0.1, -0.05) is 17.7 Å². The summed E-state index contributed by atoms with van der Waals surface area (Å²) in [6.45, 7) is 0. The van der Waals surface area contributed by atoms with E-state index in [-0.39, 0.29) is 4.90 Å². The lowest BCUT2D eigenvalue weighted by Gasteiger charge is -2.05. The Morgan fingerprint density at radius 2 is 1.53 bits per heavy atom. The number of hydrogen-bond acceptors (Lipinski definition) is 3. The van der Waals surface area contributed by atoms with Crippen LogP contribution in [0.3, 0.4) is 0 Å². The summed E-state index contributed by atoms with van der Waals surface area (Å²) in [4.78, 5) is 2.63. The van der Waals surface area contributed by atoms with Gasteiger partial charge in [0.1, 0.15) is 10.1 Å². The number of pyridine rings is 1. The van der Waals surface area contributed by atoms with Crippen LogP contribution in [0, 0.1) is 0 Å². The Labute approximate surface area is 105 Å². The van der Waals surface area contributed by atoms with Crippen LogP contribution < -0.4 is 4.98 Å². The van der Waals surface area contributed by atoms with Gasteiger partial charge in [-0.15, -0.1) is 0 Å². The van der Waals surface area contributed by atoms with Gasteiger partial charge in [0.15, 0.2) is 12.4 Å². The van der Waals surface area contributed by atoms with Crippen LogP contribution >= 0.6 is 11.6 Å². The van der Waals surface area contributed by atoms with E-state index in [0.717, 1.165) is 0 Å². The molecule has 17 heavy (non-hydrogen) atoms. The van der Waals surface area contributed by atoms with Crippen molar-refractivity contribution in [1.29, 1.82) is 0 Å². The number of aromatic amines is 1. The van der Waals surface area contributed by atoms with Crippen molar-refractivity contribution >= 4 is 21.7 Å². The highest BCUT2D eigenvalue weighted by atomic mass is 35.5. The second kappa shape index (κ2) is 6.34. The molecule has 1 aromatic heterocycles. The molecule has 0 bridgehead atoms. The highest BCUT2D eigenvalue weighted by Gasteiger charge is 1.98. The van der Waals surface area contributed by atoms with Crippen LogP contribution in [0.25, 0.3) is 0 Å². The minimum Gasteiger partial charge on any atom is -0.744 e. The Morgan fingerprint density at radius 1 is 1.00 bits per heavy atom. The zero-order valence-electron chi connectivity index (χ0n) is 8.71. The average molecular weight is 272 g/mol. The first-order valence-electron chi connectivity index (χ1n) is 4.63. The normalized spacial score (nSPS) is 10.2. The fourth-order valence-corrected chi connectivity index (χ4v) is 1.54. The van der Waals surface area contributed by atoms with E-state index >= 15 is 0 Å². The Hall–Kier alpha value is -1.43. The lowest BCUT2D eigenvalue weighted by atomic mass is 10.4. The Balaban J connectivity index is 0.000000202. The molecule has 90 valence electrons. The maximum Gasteiger partial charge on any atom is 0.166 e.